The first-order valence-corrected chi connectivity index (χ1v) is 4.05. The van der Waals surface area contributed by atoms with Crippen LogP contribution < -0.4 is 4.74 Å². The Labute approximate surface area is 87.3 Å². The van der Waals surface area contributed by atoms with Gasteiger partial charge in [-0.3, -0.25) is 4.79 Å². The molecule has 0 aliphatic carbocycles. The van der Waals surface area contributed by atoms with Crippen molar-refractivity contribution in [2.75, 3.05) is 0 Å². The van der Waals surface area contributed by atoms with E-state index in [2.05, 4.69) is 4.74 Å². The minimum atomic E-state index is -3.28. The number of hydrogen-bond acceptors (Lipinski definition) is 2. The topological polar surface area (TPSA) is 46.5 Å². The molecule has 0 heterocycles. The number of carboxylic acid groups (broad SMARTS) is 1. The normalized spacial score (nSPS) is 10.6. The summed E-state index contributed by atoms with van der Waals surface area (Å²) in [5.74, 6) is -5.44. The van der Waals surface area contributed by atoms with Crippen molar-refractivity contribution in [3.63, 3.8) is 0 Å². The number of aliphatic carboxylic acids is 1. The summed E-state index contributed by atoms with van der Waals surface area (Å²) in [5.41, 5.74) is -0.438. The largest absolute Gasteiger partial charge is 0.481 e. The fourth-order valence-corrected chi connectivity index (χ4v) is 1.06. The molecule has 1 aromatic carbocycles. The second-order valence-electron chi connectivity index (χ2n) is 2.80. The third kappa shape index (κ3) is 2.85. The van der Waals surface area contributed by atoms with Crippen molar-refractivity contribution in [2.45, 2.75) is 13.0 Å². The van der Waals surface area contributed by atoms with Gasteiger partial charge < -0.3 is 9.84 Å². The predicted octanol–water partition coefficient (Wildman–Crippen LogP) is 2.19. The maximum absolute atomic E-state index is 13.1. The van der Waals surface area contributed by atoms with Crippen LogP contribution in [0.15, 0.2) is 12.1 Å². The van der Waals surface area contributed by atoms with Crippen molar-refractivity contribution in [3.8, 4) is 5.75 Å². The van der Waals surface area contributed by atoms with Crippen LogP contribution in [0, 0.1) is 11.6 Å². The Morgan fingerprint density at radius 2 is 1.94 bits per heavy atom. The lowest BCUT2D eigenvalue weighted by molar-refractivity contribution is -0.136. The van der Waals surface area contributed by atoms with Crippen LogP contribution in [0.3, 0.4) is 0 Å². The first kappa shape index (κ1) is 12.3. The fraction of sp³-hybridized carbons (Fsp3) is 0.222. The Morgan fingerprint density at radius 3 is 2.44 bits per heavy atom. The van der Waals surface area contributed by atoms with E-state index in [1.54, 1.807) is 0 Å². The van der Waals surface area contributed by atoms with Gasteiger partial charge in [-0.25, -0.2) is 4.39 Å². The number of rotatable bonds is 4. The van der Waals surface area contributed by atoms with Crippen molar-refractivity contribution in [1.29, 1.82) is 0 Å². The molecule has 0 aliphatic rings. The van der Waals surface area contributed by atoms with Crippen LogP contribution in [0.2, 0.25) is 0 Å². The first-order chi connectivity index (χ1) is 7.41. The molecule has 0 atom stereocenters. The van der Waals surface area contributed by atoms with Crippen LogP contribution in [-0.4, -0.2) is 17.7 Å². The summed E-state index contributed by atoms with van der Waals surface area (Å²) in [5, 5.41) is 8.36. The molecule has 16 heavy (non-hydrogen) atoms. The average molecular weight is 238 g/mol. The SMILES string of the molecule is O=C(O)Cc1ccc(OC(F)F)c(F)c1F. The highest BCUT2D eigenvalue weighted by molar-refractivity contribution is 5.70. The van der Waals surface area contributed by atoms with Crippen LogP contribution in [-0.2, 0) is 11.2 Å². The maximum atomic E-state index is 13.1. The van der Waals surface area contributed by atoms with E-state index < -0.39 is 41.9 Å². The van der Waals surface area contributed by atoms with Crippen molar-refractivity contribution in [3.05, 3.63) is 29.3 Å². The van der Waals surface area contributed by atoms with Gasteiger partial charge in [0.15, 0.2) is 11.6 Å². The molecule has 0 bridgehead atoms. The van der Waals surface area contributed by atoms with Crippen molar-refractivity contribution >= 4 is 5.97 Å². The van der Waals surface area contributed by atoms with Gasteiger partial charge in [0.2, 0.25) is 5.82 Å². The smallest absolute Gasteiger partial charge is 0.387 e. The molecule has 0 spiro atoms. The summed E-state index contributed by atoms with van der Waals surface area (Å²) in [6, 6.07) is 1.63. The average Bonchev–Trinajstić information content (AvgIpc) is 2.16. The van der Waals surface area contributed by atoms with Gasteiger partial charge in [-0.15, -0.1) is 0 Å². The van der Waals surface area contributed by atoms with Gasteiger partial charge in [0.25, 0.3) is 0 Å². The third-order valence-electron chi connectivity index (χ3n) is 1.68. The van der Waals surface area contributed by atoms with E-state index in [9.17, 15) is 22.4 Å². The van der Waals surface area contributed by atoms with E-state index in [0.717, 1.165) is 12.1 Å². The van der Waals surface area contributed by atoms with E-state index in [1.807, 2.05) is 0 Å². The molecule has 0 saturated heterocycles. The minimum Gasteiger partial charge on any atom is -0.481 e. The summed E-state index contributed by atoms with van der Waals surface area (Å²) < 4.78 is 53.3. The quantitative estimate of drug-likeness (QED) is 0.818. The lowest BCUT2D eigenvalue weighted by Gasteiger charge is -2.08. The van der Waals surface area contributed by atoms with Gasteiger partial charge in [0.05, 0.1) is 6.42 Å². The highest BCUT2D eigenvalue weighted by Crippen LogP contribution is 2.24. The Bertz CT molecular complexity index is 406. The Morgan fingerprint density at radius 1 is 1.31 bits per heavy atom. The molecule has 88 valence electrons. The van der Waals surface area contributed by atoms with Crippen LogP contribution in [0.1, 0.15) is 5.56 Å². The number of ether oxygens (including phenoxy) is 1. The number of alkyl halides is 2. The second kappa shape index (κ2) is 4.82. The van der Waals surface area contributed by atoms with Crippen LogP contribution in [0.5, 0.6) is 5.75 Å². The van der Waals surface area contributed by atoms with Crippen LogP contribution in [0.4, 0.5) is 17.6 Å². The van der Waals surface area contributed by atoms with Crippen molar-refractivity contribution in [2.24, 2.45) is 0 Å². The number of carbonyl (C=O) groups is 1. The van der Waals surface area contributed by atoms with E-state index in [4.69, 9.17) is 5.11 Å². The summed E-state index contributed by atoms with van der Waals surface area (Å²) in [6.07, 6.45) is -0.738. The molecule has 1 rings (SSSR count). The molecule has 0 unspecified atom stereocenters. The van der Waals surface area contributed by atoms with Gasteiger partial charge in [0.1, 0.15) is 0 Å². The van der Waals surface area contributed by atoms with Crippen molar-refractivity contribution < 1.29 is 32.2 Å². The predicted molar refractivity (Wildman–Crippen MR) is 44.3 cm³/mol. The van der Waals surface area contributed by atoms with E-state index in [-0.39, 0.29) is 0 Å². The molecule has 0 saturated carbocycles. The number of halogens is 4. The maximum Gasteiger partial charge on any atom is 0.387 e. The lowest BCUT2D eigenvalue weighted by Crippen LogP contribution is -2.08. The van der Waals surface area contributed by atoms with Crippen molar-refractivity contribution in [1.82, 2.24) is 0 Å². The Kier molecular flexibility index (Phi) is 3.70. The fourth-order valence-electron chi connectivity index (χ4n) is 1.06. The summed E-state index contributed by atoms with van der Waals surface area (Å²) in [7, 11) is 0. The van der Waals surface area contributed by atoms with E-state index >= 15 is 0 Å². The van der Waals surface area contributed by atoms with Gasteiger partial charge in [-0.05, 0) is 6.07 Å². The molecule has 0 fully saturated rings. The van der Waals surface area contributed by atoms with Gasteiger partial charge in [-0.2, -0.15) is 13.2 Å². The van der Waals surface area contributed by atoms with Gasteiger partial charge >= 0.3 is 12.6 Å². The van der Waals surface area contributed by atoms with Gasteiger partial charge in [-0.1, -0.05) is 6.07 Å². The number of carboxylic acids is 1. The molecule has 0 amide bonds. The Hall–Kier alpha value is -1.79. The summed E-state index contributed by atoms with van der Waals surface area (Å²) in [4.78, 5) is 10.3. The molecule has 1 aromatic rings. The third-order valence-corrected chi connectivity index (χ3v) is 1.68. The molecule has 1 N–H and O–H groups in total. The van der Waals surface area contributed by atoms with Crippen LogP contribution in [0.25, 0.3) is 0 Å². The number of hydrogen-bond donors (Lipinski definition) is 1. The highest BCUT2D eigenvalue weighted by atomic mass is 19.3. The molecular weight excluding hydrogens is 232 g/mol. The Balaban J connectivity index is 3.03. The molecule has 0 aromatic heterocycles. The summed E-state index contributed by atoms with van der Waals surface area (Å²) in [6.45, 7) is -3.28. The highest BCUT2D eigenvalue weighted by Gasteiger charge is 2.18. The molecule has 0 radical (unpaired) electrons. The standard InChI is InChI=1S/C9H6F4O3/c10-7-4(3-6(14)15)1-2-5(8(7)11)16-9(12)13/h1-2,9H,3H2,(H,14,15). The lowest BCUT2D eigenvalue weighted by atomic mass is 10.1. The second-order valence-corrected chi connectivity index (χ2v) is 2.80. The minimum absolute atomic E-state index is 0.438. The van der Waals surface area contributed by atoms with E-state index in [0.29, 0.717) is 0 Å². The zero-order chi connectivity index (χ0) is 12.3. The molecule has 3 nitrogen and oxygen atoms in total. The molecule has 7 heteroatoms. The summed E-state index contributed by atoms with van der Waals surface area (Å²) >= 11 is 0. The number of benzene rings is 1. The molecular formula is C9H6F4O3. The first-order valence-electron chi connectivity index (χ1n) is 4.05. The monoisotopic (exact) mass is 238 g/mol. The van der Waals surface area contributed by atoms with E-state index in [1.165, 1.54) is 0 Å². The zero-order valence-electron chi connectivity index (χ0n) is 7.71. The van der Waals surface area contributed by atoms with Gasteiger partial charge in [0, 0.05) is 5.56 Å². The van der Waals surface area contributed by atoms with Crippen LogP contribution >= 0.6 is 0 Å². The molecule has 0 aliphatic heterocycles. The zero-order valence-corrected chi connectivity index (χ0v) is 7.71.